The maximum absolute atomic E-state index is 12.6. The number of anilines is 1. The van der Waals surface area contributed by atoms with Gasteiger partial charge in [-0.3, -0.25) is 19.4 Å². The lowest BCUT2D eigenvalue weighted by molar-refractivity contribution is -0.132. The summed E-state index contributed by atoms with van der Waals surface area (Å²) in [4.78, 5) is 39.6. The minimum Gasteiger partial charge on any atom is -0.352 e. The molecule has 6 nitrogen and oxygen atoms in total. The Balaban J connectivity index is 2.09. The molecule has 130 valence electrons. The van der Waals surface area contributed by atoms with Crippen molar-refractivity contribution in [2.45, 2.75) is 52.6 Å². The number of hydrogen-bond acceptors (Lipinski definition) is 3. The van der Waals surface area contributed by atoms with Crippen molar-refractivity contribution >= 4 is 23.5 Å². The fourth-order valence-corrected chi connectivity index (χ4v) is 2.88. The molecule has 1 heterocycles. The minimum atomic E-state index is -0.610. The summed E-state index contributed by atoms with van der Waals surface area (Å²) in [7, 11) is 0. The first kappa shape index (κ1) is 18.0. The second-order valence-electron chi connectivity index (χ2n) is 6.35. The number of benzene rings is 1. The number of urea groups is 1. The Kier molecular flexibility index (Phi) is 5.59. The molecule has 1 saturated heterocycles. The SMILES string of the molecule is CCCC(C)NC(=O)CN1C(=O)C(C)N(c2ccc(C)cc2)C1=O. The molecule has 0 saturated carbocycles. The van der Waals surface area contributed by atoms with Crippen molar-refractivity contribution in [3.05, 3.63) is 29.8 Å². The number of hydrogen-bond donors (Lipinski definition) is 1. The number of imide groups is 1. The van der Waals surface area contributed by atoms with Crippen molar-refractivity contribution in [1.29, 1.82) is 0 Å². The molecule has 1 aromatic rings. The van der Waals surface area contributed by atoms with Gasteiger partial charge in [-0.2, -0.15) is 0 Å². The molecular formula is C18H25N3O3. The first-order chi connectivity index (χ1) is 11.3. The molecule has 1 aliphatic rings. The highest BCUT2D eigenvalue weighted by Crippen LogP contribution is 2.25. The van der Waals surface area contributed by atoms with Gasteiger partial charge >= 0.3 is 6.03 Å². The molecule has 1 fully saturated rings. The smallest absolute Gasteiger partial charge is 0.332 e. The topological polar surface area (TPSA) is 69.7 Å². The zero-order chi connectivity index (χ0) is 17.9. The summed E-state index contributed by atoms with van der Waals surface area (Å²) in [5, 5.41) is 2.82. The van der Waals surface area contributed by atoms with E-state index in [0.29, 0.717) is 5.69 Å². The van der Waals surface area contributed by atoms with Gasteiger partial charge in [0.25, 0.3) is 5.91 Å². The number of nitrogens with one attached hydrogen (secondary N) is 1. The van der Waals surface area contributed by atoms with Crippen molar-refractivity contribution < 1.29 is 14.4 Å². The maximum Gasteiger partial charge on any atom is 0.332 e. The third-order valence-electron chi connectivity index (χ3n) is 4.19. The fraction of sp³-hybridized carbons (Fsp3) is 0.500. The van der Waals surface area contributed by atoms with E-state index in [1.807, 2.05) is 45.0 Å². The number of nitrogens with zero attached hydrogens (tertiary/aromatic N) is 2. The summed E-state index contributed by atoms with van der Waals surface area (Å²) in [6.07, 6.45) is 1.82. The van der Waals surface area contributed by atoms with Crippen LogP contribution >= 0.6 is 0 Å². The Morgan fingerprint density at radius 3 is 2.46 bits per heavy atom. The molecule has 24 heavy (non-hydrogen) atoms. The second kappa shape index (κ2) is 7.47. The van der Waals surface area contributed by atoms with E-state index in [1.165, 1.54) is 4.90 Å². The summed E-state index contributed by atoms with van der Waals surface area (Å²) in [6.45, 7) is 7.35. The van der Waals surface area contributed by atoms with Crippen LogP contribution in [0.1, 0.15) is 39.2 Å². The number of carbonyl (C=O) groups excluding carboxylic acids is 3. The molecule has 1 aliphatic heterocycles. The minimum absolute atomic E-state index is 0.0286. The van der Waals surface area contributed by atoms with E-state index in [2.05, 4.69) is 5.32 Å². The van der Waals surface area contributed by atoms with Gasteiger partial charge in [-0.05, 0) is 39.3 Å². The van der Waals surface area contributed by atoms with E-state index in [1.54, 1.807) is 6.92 Å². The lowest BCUT2D eigenvalue weighted by atomic mass is 10.2. The van der Waals surface area contributed by atoms with Crippen molar-refractivity contribution in [1.82, 2.24) is 10.2 Å². The molecule has 0 aromatic heterocycles. The van der Waals surface area contributed by atoms with Gasteiger partial charge in [-0.15, -0.1) is 0 Å². The van der Waals surface area contributed by atoms with Gasteiger partial charge in [-0.25, -0.2) is 4.79 Å². The van der Waals surface area contributed by atoms with Crippen LogP contribution in [0.3, 0.4) is 0 Å². The Bertz CT molecular complexity index is 627. The van der Waals surface area contributed by atoms with Crippen LogP contribution in [0.2, 0.25) is 0 Å². The molecule has 6 heteroatoms. The van der Waals surface area contributed by atoms with Crippen molar-refractivity contribution in [2.24, 2.45) is 0 Å². The zero-order valence-electron chi connectivity index (χ0n) is 14.7. The van der Waals surface area contributed by atoms with E-state index in [-0.39, 0.29) is 24.4 Å². The van der Waals surface area contributed by atoms with E-state index < -0.39 is 12.1 Å². The summed E-state index contributed by atoms with van der Waals surface area (Å²) < 4.78 is 0. The monoisotopic (exact) mass is 331 g/mol. The molecule has 0 bridgehead atoms. The standard InChI is InChI=1S/C18H25N3O3/c1-5-6-13(3)19-16(22)11-20-17(23)14(4)21(18(20)24)15-9-7-12(2)8-10-15/h7-10,13-14H,5-6,11H2,1-4H3,(H,19,22). The van der Waals surface area contributed by atoms with Gasteiger partial charge in [-0.1, -0.05) is 31.0 Å². The molecule has 1 N–H and O–H groups in total. The summed E-state index contributed by atoms with van der Waals surface area (Å²) in [6, 6.07) is 6.37. The first-order valence-electron chi connectivity index (χ1n) is 8.35. The lowest BCUT2D eigenvalue weighted by Crippen LogP contribution is -2.44. The Hall–Kier alpha value is -2.37. The van der Waals surface area contributed by atoms with Crippen LogP contribution in [0.15, 0.2) is 24.3 Å². The Morgan fingerprint density at radius 2 is 1.88 bits per heavy atom. The third kappa shape index (κ3) is 3.75. The fourth-order valence-electron chi connectivity index (χ4n) is 2.88. The van der Waals surface area contributed by atoms with E-state index in [4.69, 9.17) is 0 Å². The molecule has 0 radical (unpaired) electrons. The van der Waals surface area contributed by atoms with Crippen LogP contribution in [0.4, 0.5) is 10.5 Å². The molecule has 1 aromatic carbocycles. The van der Waals surface area contributed by atoms with Crippen LogP contribution in [-0.4, -0.2) is 41.4 Å². The molecule has 0 spiro atoms. The highest BCUT2D eigenvalue weighted by atomic mass is 16.2. The van der Waals surface area contributed by atoms with E-state index in [9.17, 15) is 14.4 Å². The highest BCUT2D eigenvalue weighted by Gasteiger charge is 2.44. The molecule has 2 atom stereocenters. The van der Waals surface area contributed by atoms with Gasteiger partial charge in [0.15, 0.2) is 0 Å². The van der Waals surface area contributed by atoms with Gasteiger partial charge in [0.2, 0.25) is 5.91 Å². The number of rotatable bonds is 6. The Morgan fingerprint density at radius 1 is 1.25 bits per heavy atom. The third-order valence-corrected chi connectivity index (χ3v) is 4.19. The van der Waals surface area contributed by atoms with Gasteiger partial charge in [0.05, 0.1) is 0 Å². The normalized spacial score (nSPS) is 18.9. The lowest BCUT2D eigenvalue weighted by Gasteiger charge is -2.20. The first-order valence-corrected chi connectivity index (χ1v) is 8.35. The summed E-state index contributed by atoms with van der Waals surface area (Å²) in [5.41, 5.74) is 1.74. The van der Waals surface area contributed by atoms with Crippen LogP contribution in [-0.2, 0) is 9.59 Å². The van der Waals surface area contributed by atoms with Gasteiger partial charge in [0, 0.05) is 11.7 Å². The predicted octanol–water partition coefficient (Wildman–Crippen LogP) is 2.46. The zero-order valence-corrected chi connectivity index (χ0v) is 14.7. The van der Waals surface area contributed by atoms with E-state index in [0.717, 1.165) is 23.3 Å². The van der Waals surface area contributed by atoms with Crippen LogP contribution in [0.5, 0.6) is 0 Å². The van der Waals surface area contributed by atoms with Crippen molar-refractivity contribution in [3.63, 3.8) is 0 Å². The van der Waals surface area contributed by atoms with Crippen molar-refractivity contribution in [2.75, 3.05) is 11.4 Å². The molecule has 0 aliphatic carbocycles. The quantitative estimate of drug-likeness (QED) is 0.814. The van der Waals surface area contributed by atoms with Crippen LogP contribution < -0.4 is 10.2 Å². The van der Waals surface area contributed by atoms with Crippen LogP contribution in [0.25, 0.3) is 0 Å². The average molecular weight is 331 g/mol. The molecule has 2 rings (SSSR count). The molecular weight excluding hydrogens is 306 g/mol. The number of amides is 4. The van der Waals surface area contributed by atoms with Crippen LogP contribution in [0, 0.1) is 6.92 Å². The van der Waals surface area contributed by atoms with Gasteiger partial charge < -0.3 is 5.32 Å². The average Bonchev–Trinajstić information content (AvgIpc) is 2.72. The van der Waals surface area contributed by atoms with Crippen molar-refractivity contribution in [3.8, 4) is 0 Å². The molecule has 4 amide bonds. The Labute approximate surface area is 142 Å². The number of carbonyl (C=O) groups is 3. The largest absolute Gasteiger partial charge is 0.352 e. The number of aryl methyl sites for hydroxylation is 1. The summed E-state index contributed by atoms with van der Waals surface area (Å²) >= 11 is 0. The highest BCUT2D eigenvalue weighted by molar-refractivity contribution is 6.15. The van der Waals surface area contributed by atoms with E-state index >= 15 is 0 Å². The molecule has 2 unspecified atom stereocenters. The predicted molar refractivity (Wildman–Crippen MR) is 92.7 cm³/mol. The second-order valence-corrected chi connectivity index (χ2v) is 6.35. The van der Waals surface area contributed by atoms with Gasteiger partial charge in [0.1, 0.15) is 12.6 Å². The maximum atomic E-state index is 12.6. The summed E-state index contributed by atoms with van der Waals surface area (Å²) in [5.74, 6) is -0.658.